The summed E-state index contributed by atoms with van der Waals surface area (Å²) in [7, 11) is 0. The van der Waals surface area contributed by atoms with Crippen LogP contribution in [0.4, 0.5) is 0 Å². The van der Waals surface area contributed by atoms with Crippen molar-refractivity contribution < 1.29 is 9.52 Å². The molecule has 8 heteroatoms. The van der Waals surface area contributed by atoms with Crippen molar-refractivity contribution >= 4 is 29.9 Å². The summed E-state index contributed by atoms with van der Waals surface area (Å²) in [5.41, 5.74) is 3.00. The van der Waals surface area contributed by atoms with Crippen LogP contribution in [0.2, 0.25) is 0 Å². The van der Waals surface area contributed by atoms with Crippen molar-refractivity contribution in [1.82, 2.24) is 20.4 Å². The normalized spacial score (nSPS) is 13.4. The van der Waals surface area contributed by atoms with Crippen LogP contribution in [0.1, 0.15) is 36.6 Å². The summed E-state index contributed by atoms with van der Waals surface area (Å²) in [5.74, 6) is 1.14. The third-order valence-corrected chi connectivity index (χ3v) is 4.83. The standard InChI is InChI=1S/C22H29N5O2.HI/c1-5-23-21(25-15-22(4,28)20-12-9-13-29-20)24-14-19-16(2)26-27(17(19)3)18-10-7-6-8-11-18;/h6-13,28H,5,14-15H2,1-4H3,(H2,23,24,25);1H. The maximum absolute atomic E-state index is 10.6. The van der Waals surface area contributed by atoms with E-state index in [1.807, 2.05) is 48.9 Å². The van der Waals surface area contributed by atoms with E-state index in [4.69, 9.17) is 9.41 Å². The first-order valence-corrected chi connectivity index (χ1v) is 9.81. The van der Waals surface area contributed by atoms with E-state index >= 15 is 0 Å². The summed E-state index contributed by atoms with van der Waals surface area (Å²) in [4.78, 5) is 4.70. The minimum atomic E-state index is -1.14. The number of aliphatic hydroxyl groups is 1. The predicted octanol–water partition coefficient (Wildman–Crippen LogP) is 3.66. The van der Waals surface area contributed by atoms with Crippen LogP contribution in [0, 0.1) is 13.8 Å². The van der Waals surface area contributed by atoms with Crippen LogP contribution >= 0.6 is 24.0 Å². The van der Waals surface area contributed by atoms with E-state index in [1.165, 1.54) is 0 Å². The number of guanidine groups is 1. The van der Waals surface area contributed by atoms with Crippen molar-refractivity contribution in [2.24, 2.45) is 4.99 Å². The molecule has 0 aliphatic carbocycles. The number of aryl methyl sites for hydroxylation is 1. The van der Waals surface area contributed by atoms with Gasteiger partial charge in [-0.2, -0.15) is 5.10 Å². The molecule has 0 aliphatic heterocycles. The zero-order valence-corrected chi connectivity index (χ0v) is 20.2. The molecule has 7 nitrogen and oxygen atoms in total. The molecule has 3 N–H and O–H groups in total. The fraction of sp³-hybridized carbons (Fsp3) is 0.364. The van der Waals surface area contributed by atoms with Crippen molar-refractivity contribution in [3.8, 4) is 5.69 Å². The van der Waals surface area contributed by atoms with Gasteiger partial charge in [0.1, 0.15) is 11.4 Å². The molecule has 0 saturated heterocycles. The lowest BCUT2D eigenvalue weighted by Gasteiger charge is -2.22. The molecule has 0 saturated carbocycles. The Kier molecular flexibility index (Phi) is 8.48. The Morgan fingerprint density at radius 3 is 2.53 bits per heavy atom. The number of aliphatic imine (C=N–C) groups is 1. The average molecular weight is 523 g/mol. The molecule has 2 aromatic heterocycles. The summed E-state index contributed by atoms with van der Waals surface area (Å²) in [6.45, 7) is 9.25. The van der Waals surface area contributed by atoms with E-state index in [0.29, 0.717) is 18.3 Å². The summed E-state index contributed by atoms with van der Waals surface area (Å²) < 4.78 is 7.28. The maximum atomic E-state index is 10.6. The molecular formula is C22H30IN5O2. The lowest BCUT2D eigenvalue weighted by molar-refractivity contribution is 0.0386. The number of rotatable bonds is 7. The highest BCUT2D eigenvalue weighted by molar-refractivity contribution is 14.0. The van der Waals surface area contributed by atoms with Crippen molar-refractivity contribution in [3.63, 3.8) is 0 Å². The zero-order chi connectivity index (χ0) is 20.9. The number of nitrogens with one attached hydrogen (secondary N) is 2. The molecule has 0 amide bonds. The second kappa shape index (κ2) is 10.6. The van der Waals surface area contributed by atoms with Crippen molar-refractivity contribution in [2.75, 3.05) is 13.1 Å². The van der Waals surface area contributed by atoms with E-state index in [1.54, 1.807) is 25.3 Å². The third kappa shape index (κ3) is 5.63. The van der Waals surface area contributed by atoms with Gasteiger partial charge in [-0.15, -0.1) is 24.0 Å². The fourth-order valence-electron chi connectivity index (χ4n) is 3.15. The van der Waals surface area contributed by atoms with E-state index in [2.05, 4.69) is 22.7 Å². The zero-order valence-electron chi connectivity index (χ0n) is 17.8. The van der Waals surface area contributed by atoms with Crippen LogP contribution in [0.25, 0.3) is 5.69 Å². The van der Waals surface area contributed by atoms with Gasteiger partial charge in [0.05, 0.1) is 30.7 Å². The first-order valence-electron chi connectivity index (χ1n) is 9.81. The summed E-state index contributed by atoms with van der Waals surface area (Å²) in [6, 6.07) is 13.6. The Labute approximate surface area is 194 Å². The van der Waals surface area contributed by atoms with Crippen LogP contribution in [-0.2, 0) is 12.1 Å². The Balaban J connectivity index is 0.00000320. The Morgan fingerprint density at radius 2 is 1.90 bits per heavy atom. The highest BCUT2D eigenvalue weighted by Crippen LogP contribution is 2.20. The Morgan fingerprint density at radius 1 is 1.17 bits per heavy atom. The van der Waals surface area contributed by atoms with Gasteiger partial charge < -0.3 is 20.2 Å². The molecule has 3 rings (SSSR count). The van der Waals surface area contributed by atoms with Crippen LogP contribution in [0.15, 0.2) is 58.1 Å². The van der Waals surface area contributed by atoms with Crippen molar-refractivity contribution in [2.45, 2.75) is 39.8 Å². The molecule has 2 heterocycles. The highest BCUT2D eigenvalue weighted by atomic mass is 127. The van der Waals surface area contributed by atoms with Crippen LogP contribution < -0.4 is 10.6 Å². The first-order chi connectivity index (χ1) is 13.9. The van der Waals surface area contributed by atoms with Gasteiger partial charge in [-0.1, -0.05) is 18.2 Å². The topological polar surface area (TPSA) is 87.6 Å². The van der Waals surface area contributed by atoms with Crippen LogP contribution in [0.3, 0.4) is 0 Å². The molecule has 30 heavy (non-hydrogen) atoms. The number of para-hydroxylation sites is 1. The third-order valence-electron chi connectivity index (χ3n) is 4.83. The Hall–Kier alpha value is -2.33. The van der Waals surface area contributed by atoms with Gasteiger partial charge in [-0.25, -0.2) is 9.67 Å². The van der Waals surface area contributed by atoms with E-state index in [-0.39, 0.29) is 30.5 Å². The molecule has 1 atom stereocenters. The smallest absolute Gasteiger partial charge is 0.191 e. The number of hydrogen-bond acceptors (Lipinski definition) is 4. The van der Waals surface area contributed by atoms with E-state index in [9.17, 15) is 5.11 Å². The molecule has 0 fully saturated rings. The lowest BCUT2D eigenvalue weighted by atomic mass is 10.0. The van der Waals surface area contributed by atoms with Gasteiger partial charge in [0.15, 0.2) is 5.96 Å². The van der Waals surface area contributed by atoms with Crippen LogP contribution in [0.5, 0.6) is 0 Å². The average Bonchev–Trinajstić information content (AvgIpc) is 3.35. The number of furan rings is 1. The van der Waals surface area contributed by atoms with Gasteiger partial charge in [-0.3, -0.25) is 0 Å². The van der Waals surface area contributed by atoms with E-state index < -0.39 is 5.60 Å². The molecule has 162 valence electrons. The molecule has 0 radical (unpaired) electrons. The number of aromatic nitrogens is 2. The molecule has 0 aliphatic rings. The van der Waals surface area contributed by atoms with E-state index in [0.717, 1.165) is 29.2 Å². The predicted molar refractivity (Wildman–Crippen MR) is 130 cm³/mol. The molecule has 0 bridgehead atoms. The minimum absolute atomic E-state index is 0. The van der Waals surface area contributed by atoms with Gasteiger partial charge >= 0.3 is 0 Å². The number of benzene rings is 1. The molecule has 3 aromatic rings. The molecule has 1 unspecified atom stereocenters. The number of hydrogen-bond donors (Lipinski definition) is 3. The molecular weight excluding hydrogens is 493 g/mol. The second-order valence-electron chi connectivity index (χ2n) is 7.20. The van der Waals surface area contributed by atoms with Gasteiger partial charge in [-0.05, 0) is 52.0 Å². The monoisotopic (exact) mass is 523 g/mol. The lowest BCUT2D eigenvalue weighted by Crippen LogP contribution is -2.44. The largest absolute Gasteiger partial charge is 0.466 e. The second-order valence-corrected chi connectivity index (χ2v) is 7.20. The summed E-state index contributed by atoms with van der Waals surface area (Å²) in [5, 5.41) is 21.7. The Bertz CT molecular complexity index is 950. The molecule has 0 spiro atoms. The van der Waals surface area contributed by atoms with Gasteiger partial charge in [0.25, 0.3) is 0 Å². The highest BCUT2D eigenvalue weighted by Gasteiger charge is 2.26. The number of nitrogens with zero attached hydrogens (tertiary/aromatic N) is 3. The summed E-state index contributed by atoms with van der Waals surface area (Å²) >= 11 is 0. The van der Waals surface area contributed by atoms with Gasteiger partial charge in [0.2, 0.25) is 0 Å². The summed E-state index contributed by atoms with van der Waals surface area (Å²) in [6.07, 6.45) is 1.55. The van der Waals surface area contributed by atoms with Crippen molar-refractivity contribution in [3.05, 3.63) is 71.4 Å². The number of halogens is 1. The van der Waals surface area contributed by atoms with Gasteiger partial charge in [0, 0.05) is 17.8 Å². The minimum Gasteiger partial charge on any atom is -0.466 e. The first kappa shape index (κ1) is 23.9. The van der Waals surface area contributed by atoms with Crippen molar-refractivity contribution in [1.29, 1.82) is 0 Å². The molecule has 1 aromatic carbocycles. The maximum Gasteiger partial charge on any atom is 0.191 e. The fourth-order valence-corrected chi connectivity index (χ4v) is 3.15. The quantitative estimate of drug-likeness (QED) is 0.250. The SMILES string of the molecule is CCNC(=NCc1c(C)nn(-c2ccccc2)c1C)NCC(C)(O)c1ccco1.I. The van der Waals surface area contributed by atoms with Crippen LogP contribution in [-0.4, -0.2) is 33.9 Å².